The van der Waals surface area contributed by atoms with Gasteiger partial charge < -0.3 is 20.4 Å². The summed E-state index contributed by atoms with van der Waals surface area (Å²) in [6, 6.07) is 1.42. The number of hydrogen-bond donors (Lipinski definition) is 3. The van der Waals surface area contributed by atoms with Crippen LogP contribution in [0, 0.1) is 0 Å². The van der Waals surface area contributed by atoms with E-state index >= 15 is 0 Å². The van der Waals surface area contributed by atoms with Gasteiger partial charge in [-0.3, -0.25) is 9.78 Å². The van der Waals surface area contributed by atoms with Crippen LogP contribution in [0.3, 0.4) is 0 Å². The Morgan fingerprint density at radius 1 is 1.56 bits per heavy atom. The first-order chi connectivity index (χ1) is 8.32. The van der Waals surface area contributed by atoms with Crippen LogP contribution in [0.15, 0.2) is 18.5 Å². The van der Waals surface area contributed by atoms with E-state index in [2.05, 4.69) is 10.3 Å². The molecule has 0 aromatic carbocycles. The Balaban J connectivity index is 2.59. The van der Waals surface area contributed by atoms with E-state index in [1.54, 1.807) is 6.92 Å². The Bertz CT molecular complexity index is 419. The Morgan fingerprint density at radius 3 is 2.78 bits per heavy atom. The van der Waals surface area contributed by atoms with Gasteiger partial charge in [-0.15, -0.1) is 0 Å². The highest BCUT2D eigenvalue weighted by molar-refractivity contribution is 5.96. The van der Waals surface area contributed by atoms with Crippen molar-refractivity contribution in [1.29, 1.82) is 0 Å². The molecule has 100 valence electrons. The third-order valence-corrected chi connectivity index (χ3v) is 2.33. The van der Waals surface area contributed by atoms with Crippen molar-refractivity contribution in [1.82, 2.24) is 15.2 Å². The van der Waals surface area contributed by atoms with E-state index in [0.717, 1.165) is 0 Å². The minimum absolute atomic E-state index is 0.103. The smallest absolute Gasteiger partial charge is 0.255 e. The molecule has 0 aliphatic carbocycles. The van der Waals surface area contributed by atoms with Crippen LogP contribution in [-0.4, -0.2) is 58.8 Å². The summed E-state index contributed by atoms with van der Waals surface area (Å²) in [6.45, 7) is 2.17. The fourth-order valence-corrected chi connectivity index (χ4v) is 1.68. The number of carbonyl (C=O) groups is 1. The highest BCUT2D eigenvalue weighted by atomic mass is 16.3. The lowest BCUT2D eigenvalue weighted by molar-refractivity contribution is 0.0325. The standard InChI is InChI=1S/C12H19N3O3/c1-12(18,8-15(2)3)7-14-11(17)9-4-5-13-6-10(9)16/h4-6,16,18H,7-8H2,1-3H3,(H,14,17). The summed E-state index contributed by atoms with van der Waals surface area (Å²) >= 11 is 0. The Kier molecular flexibility index (Phi) is 4.63. The lowest BCUT2D eigenvalue weighted by atomic mass is 10.1. The van der Waals surface area contributed by atoms with Gasteiger partial charge in [-0.2, -0.15) is 0 Å². The van der Waals surface area contributed by atoms with E-state index in [1.807, 2.05) is 19.0 Å². The molecule has 0 saturated heterocycles. The number of aliphatic hydroxyl groups is 1. The molecule has 3 N–H and O–H groups in total. The minimum Gasteiger partial charge on any atom is -0.505 e. The van der Waals surface area contributed by atoms with Crippen molar-refractivity contribution in [2.24, 2.45) is 0 Å². The first-order valence-corrected chi connectivity index (χ1v) is 5.60. The molecule has 6 heteroatoms. The molecular formula is C12H19N3O3. The maximum atomic E-state index is 11.8. The SMILES string of the molecule is CN(C)CC(C)(O)CNC(=O)c1ccncc1O. The van der Waals surface area contributed by atoms with Gasteiger partial charge in [-0.25, -0.2) is 0 Å². The van der Waals surface area contributed by atoms with Crippen LogP contribution in [0.5, 0.6) is 5.75 Å². The normalized spacial score (nSPS) is 14.3. The van der Waals surface area contributed by atoms with Gasteiger partial charge in [0.1, 0.15) is 5.75 Å². The highest BCUT2D eigenvalue weighted by Gasteiger charge is 2.23. The van der Waals surface area contributed by atoms with Crippen molar-refractivity contribution in [3.05, 3.63) is 24.0 Å². The predicted molar refractivity (Wildman–Crippen MR) is 67.4 cm³/mol. The number of hydrogen-bond acceptors (Lipinski definition) is 5. The Labute approximate surface area is 106 Å². The number of rotatable bonds is 5. The maximum absolute atomic E-state index is 11.8. The molecule has 0 fully saturated rings. The topological polar surface area (TPSA) is 85.7 Å². The lowest BCUT2D eigenvalue weighted by Gasteiger charge is -2.27. The summed E-state index contributed by atoms with van der Waals surface area (Å²) in [5.41, 5.74) is -0.882. The van der Waals surface area contributed by atoms with E-state index in [1.165, 1.54) is 18.5 Å². The number of carbonyl (C=O) groups excluding carboxylic acids is 1. The number of aromatic nitrogens is 1. The molecular weight excluding hydrogens is 234 g/mol. The van der Waals surface area contributed by atoms with Crippen molar-refractivity contribution < 1.29 is 15.0 Å². The van der Waals surface area contributed by atoms with Crippen LogP contribution >= 0.6 is 0 Å². The van der Waals surface area contributed by atoms with Gasteiger partial charge in [0.25, 0.3) is 5.91 Å². The molecule has 0 saturated carbocycles. The average Bonchev–Trinajstić information content (AvgIpc) is 2.25. The average molecular weight is 253 g/mol. The molecule has 1 rings (SSSR count). The van der Waals surface area contributed by atoms with Crippen LogP contribution in [-0.2, 0) is 0 Å². The quantitative estimate of drug-likeness (QED) is 0.678. The van der Waals surface area contributed by atoms with Crippen molar-refractivity contribution in [3.8, 4) is 5.75 Å². The van der Waals surface area contributed by atoms with Crippen molar-refractivity contribution in [2.75, 3.05) is 27.2 Å². The van der Waals surface area contributed by atoms with E-state index in [4.69, 9.17) is 0 Å². The van der Waals surface area contributed by atoms with Gasteiger partial charge in [-0.1, -0.05) is 0 Å². The molecule has 6 nitrogen and oxygen atoms in total. The molecule has 1 aromatic heterocycles. The van der Waals surface area contributed by atoms with Gasteiger partial charge in [0, 0.05) is 19.3 Å². The summed E-state index contributed by atoms with van der Waals surface area (Å²) in [4.78, 5) is 17.3. The molecule has 1 heterocycles. The third-order valence-electron chi connectivity index (χ3n) is 2.33. The zero-order valence-corrected chi connectivity index (χ0v) is 10.8. The predicted octanol–water partition coefficient (Wildman–Crippen LogP) is -0.170. The molecule has 1 unspecified atom stereocenters. The first kappa shape index (κ1) is 14.4. The zero-order chi connectivity index (χ0) is 13.8. The Morgan fingerprint density at radius 2 is 2.22 bits per heavy atom. The van der Waals surface area contributed by atoms with E-state index in [9.17, 15) is 15.0 Å². The molecule has 18 heavy (non-hydrogen) atoms. The number of likely N-dealkylation sites (N-methyl/N-ethyl adjacent to an activating group) is 1. The fourth-order valence-electron chi connectivity index (χ4n) is 1.68. The molecule has 0 aliphatic heterocycles. The third kappa shape index (κ3) is 4.31. The second-order valence-corrected chi connectivity index (χ2v) is 4.81. The second-order valence-electron chi connectivity index (χ2n) is 4.81. The molecule has 0 bridgehead atoms. The number of amides is 1. The first-order valence-electron chi connectivity index (χ1n) is 5.60. The summed E-state index contributed by atoms with van der Waals surface area (Å²) in [5.74, 6) is -0.615. The number of aromatic hydroxyl groups is 1. The monoisotopic (exact) mass is 253 g/mol. The van der Waals surface area contributed by atoms with Gasteiger partial charge in [-0.05, 0) is 27.1 Å². The van der Waals surface area contributed by atoms with Crippen molar-refractivity contribution >= 4 is 5.91 Å². The largest absolute Gasteiger partial charge is 0.505 e. The highest BCUT2D eigenvalue weighted by Crippen LogP contribution is 2.13. The summed E-state index contributed by atoms with van der Waals surface area (Å²) in [6.07, 6.45) is 2.62. The minimum atomic E-state index is -1.03. The molecule has 0 radical (unpaired) electrons. The van der Waals surface area contributed by atoms with E-state index in [0.29, 0.717) is 6.54 Å². The van der Waals surface area contributed by atoms with Gasteiger partial charge in [0.05, 0.1) is 17.4 Å². The van der Waals surface area contributed by atoms with Crippen LogP contribution < -0.4 is 5.32 Å². The fraction of sp³-hybridized carbons (Fsp3) is 0.500. The number of pyridine rings is 1. The van der Waals surface area contributed by atoms with Crippen molar-refractivity contribution in [2.45, 2.75) is 12.5 Å². The molecule has 1 aromatic rings. The lowest BCUT2D eigenvalue weighted by Crippen LogP contribution is -2.47. The van der Waals surface area contributed by atoms with Crippen LogP contribution in [0.4, 0.5) is 0 Å². The Hall–Kier alpha value is -1.66. The van der Waals surface area contributed by atoms with Gasteiger partial charge in [0.2, 0.25) is 0 Å². The number of nitrogens with zero attached hydrogens (tertiary/aromatic N) is 2. The molecule has 1 amide bonds. The van der Waals surface area contributed by atoms with E-state index in [-0.39, 0.29) is 17.9 Å². The van der Waals surface area contributed by atoms with Crippen LogP contribution in [0.25, 0.3) is 0 Å². The summed E-state index contributed by atoms with van der Waals surface area (Å²) in [7, 11) is 3.68. The van der Waals surface area contributed by atoms with Crippen LogP contribution in [0.2, 0.25) is 0 Å². The van der Waals surface area contributed by atoms with E-state index < -0.39 is 11.5 Å². The summed E-state index contributed by atoms with van der Waals surface area (Å²) in [5, 5.41) is 22.1. The summed E-state index contributed by atoms with van der Waals surface area (Å²) < 4.78 is 0. The van der Waals surface area contributed by atoms with Gasteiger partial charge in [0.15, 0.2) is 0 Å². The van der Waals surface area contributed by atoms with Crippen molar-refractivity contribution in [3.63, 3.8) is 0 Å². The zero-order valence-electron chi connectivity index (χ0n) is 10.8. The second kappa shape index (κ2) is 5.79. The molecule has 1 atom stereocenters. The van der Waals surface area contributed by atoms with Crippen LogP contribution in [0.1, 0.15) is 17.3 Å². The molecule has 0 aliphatic rings. The number of nitrogens with one attached hydrogen (secondary N) is 1. The maximum Gasteiger partial charge on any atom is 0.255 e. The van der Waals surface area contributed by atoms with Gasteiger partial charge >= 0.3 is 0 Å². The molecule has 0 spiro atoms.